The van der Waals surface area contributed by atoms with Gasteiger partial charge in [0.05, 0.1) is 10.9 Å². The molecule has 1 atom stereocenters. The first-order valence-electron chi connectivity index (χ1n) is 7.20. The fourth-order valence-corrected chi connectivity index (χ4v) is 3.13. The van der Waals surface area contributed by atoms with Crippen molar-refractivity contribution in [1.29, 1.82) is 0 Å². The van der Waals surface area contributed by atoms with Crippen molar-refractivity contribution in [3.8, 4) is 0 Å². The number of hydrogen-bond donors (Lipinski definition) is 1. The Labute approximate surface area is 134 Å². The molecule has 1 N–H and O–H groups in total. The molecule has 2 nitrogen and oxygen atoms in total. The summed E-state index contributed by atoms with van der Waals surface area (Å²) in [6.45, 7) is 2.07. The summed E-state index contributed by atoms with van der Waals surface area (Å²) in [5.74, 6) is -0.0351. The van der Waals surface area contributed by atoms with Gasteiger partial charge in [0.15, 0.2) is 0 Å². The molecule has 3 heteroatoms. The standard InChI is InChI=1S/C19H17NOS/c1-14-8-5-6-11-16(14)18(15-9-3-2-4-10-15)20-19(21)17-12-7-13-22-17/h2-13,18H,1H3,(H,20,21)/t18-/m0/s1. The second-order valence-electron chi connectivity index (χ2n) is 5.15. The van der Waals surface area contributed by atoms with Gasteiger partial charge in [-0.25, -0.2) is 0 Å². The van der Waals surface area contributed by atoms with E-state index in [-0.39, 0.29) is 11.9 Å². The highest BCUT2D eigenvalue weighted by atomic mass is 32.1. The number of carbonyl (C=O) groups is 1. The van der Waals surface area contributed by atoms with E-state index >= 15 is 0 Å². The molecule has 0 bridgehead atoms. The number of amides is 1. The van der Waals surface area contributed by atoms with Crippen LogP contribution in [0.3, 0.4) is 0 Å². The molecule has 0 unspecified atom stereocenters. The van der Waals surface area contributed by atoms with Crippen molar-refractivity contribution in [3.05, 3.63) is 93.7 Å². The fraction of sp³-hybridized carbons (Fsp3) is 0.105. The van der Waals surface area contributed by atoms with Gasteiger partial charge in [-0.3, -0.25) is 4.79 Å². The number of carbonyl (C=O) groups excluding carboxylic acids is 1. The highest BCUT2D eigenvalue weighted by molar-refractivity contribution is 7.12. The summed E-state index contributed by atoms with van der Waals surface area (Å²) in [4.78, 5) is 13.2. The molecular formula is C19H17NOS. The maximum atomic E-state index is 12.5. The molecule has 110 valence electrons. The second kappa shape index (κ2) is 6.58. The van der Waals surface area contributed by atoms with Crippen LogP contribution in [0.4, 0.5) is 0 Å². The summed E-state index contributed by atoms with van der Waals surface area (Å²) in [5.41, 5.74) is 3.38. The van der Waals surface area contributed by atoms with Crippen molar-refractivity contribution in [2.45, 2.75) is 13.0 Å². The van der Waals surface area contributed by atoms with Gasteiger partial charge >= 0.3 is 0 Å². The van der Waals surface area contributed by atoms with Gasteiger partial charge in [0, 0.05) is 0 Å². The SMILES string of the molecule is Cc1ccccc1[C@@H](NC(=O)c1cccs1)c1ccccc1. The van der Waals surface area contributed by atoms with Gasteiger partial charge in [-0.05, 0) is 35.1 Å². The molecule has 0 aliphatic heterocycles. The minimum absolute atomic E-state index is 0.0351. The second-order valence-corrected chi connectivity index (χ2v) is 6.10. The van der Waals surface area contributed by atoms with E-state index in [0.29, 0.717) is 0 Å². The summed E-state index contributed by atoms with van der Waals surface area (Å²) >= 11 is 1.46. The summed E-state index contributed by atoms with van der Waals surface area (Å²) < 4.78 is 0. The molecule has 3 aromatic rings. The van der Waals surface area contributed by atoms with Gasteiger partial charge in [0.2, 0.25) is 0 Å². The Morgan fingerprint density at radius 1 is 0.955 bits per heavy atom. The largest absolute Gasteiger partial charge is 0.340 e. The van der Waals surface area contributed by atoms with Gasteiger partial charge in [0.25, 0.3) is 5.91 Å². The lowest BCUT2D eigenvalue weighted by molar-refractivity contribution is 0.0947. The van der Waals surface area contributed by atoms with Crippen molar-refractivity contribution < 1.29 is 4.79 Å². The van der Waals surface area contributed by atoms with E-state index in [1.54, 1.807) is 0 Å². The summed E-state index contributed by atoms with van der Waals surface area (Å²) in [6, 6.07) is 21.8. The van der Waals surface area contributed by atoms with E-state index in [1.807, 2.05) is 60.0 Å². The molecule has 0 aliphatic carbocycles. The Kier molecular flexibility index (Phi) is 4.35. The topological polar surface area (TPSA) is 29.1 Å². The minimum atomic E-state index is -0.142. The lowest BCUT2D eigenvalue weighted by atomic mass is 9.95. The first-order chi connectivity index (χ1) is 10.8. The van der Waals surface area contributed by atoms with E-state index in [0.717, 1.165) is 16.0 Å². The highest BCUT2D eigenvalue weighted by Gasteiger charge is 2.19. The van der Waals surface area contributed by atoms with Crippen LogP contribution in [0.15, 0.2) is 72.1 Å². The van der Waals surface area contributed by atoms with Gasteiger partial charge in [0.1, 0.15) is 0 Å². The highest BCUT2D eigenvalue weighted by Crippen LogP contribution is 2.25. The van der Waals surface area contributed by atoms with Gasteiger partial charge in [-0.1, -0.05) is 60.7 Å². The Morgan fingerprint density at radius 2 is 1.68 bits per heavy atom. The van der Waals surface area contributed by atoms with Crippen LogP contribution in [0.1, 0.15) is 32.4 Å². The van der Waals surface area contributed by atoms with Gasteiger partial charge in [-0.2, -0.15) is 0 Å². The molecule has 0 spiro atoms. The summed E-state index contributed by atoms with van der Waals surface area (Å²) in [6.07, 6.45) is 0. The molecule has 0 saturated carbocycles. The van der Waals surface area contributed by atoms with E-state index < -0.39 is 0 Å². The van der Waals surface area contributed by atoms with E-state index in [9.17, 15) is 4.79 Å². The van der Waals surface area contributed by atoms with Crippen LogP contribution in [0.5, 0.6) is 0 Å². The van der Waals surface area contributed by atoms with Crippen molar-refractivity contribution in [1.82, 2.24) is 5.32 Å². The van der Waals surface area contributed by atoms with Gasteiger partial charge in [-0.15, -0.1) is 11.3 Å². The monoisotopic (exact) mass is 307 g/mol. The zero-order chi connectivity index (χ0) is 15.4. The minimum Gasteiger partial charge on any atom is -0.340 e. The Hall–Kier alpha value is -2.39. The molecule has 1 amide bonds. The van der Waals surface area contributed by atoms with Crippen molar-refractivity contribution in [2.75, 3.05) is 0 Å². The lowest BCUT2D eigenvalue weighted by Crippen LogP contribution is -2.29. The maximum absolute atomic E-state index is 12.5. The van der Waals surface area contributed by atoms with Crippen molar-refractivity contribution in [2.24, 2.45) is 0 Å². The predicted molar refractivity (Wildman–Crippen MR) is 91.2 cm³/mol. The molecule has 22 heavy (non-hydrogen) atoms. The fourth-order valence-electron chi connectivity index (χ4n) is 2.51. The molecule has 0 fully saturated rings. The number of benzene rings is 2. The lowest BCUT2D eigenvalue weighted by Gasteiger charge is -2.21. The Morgan fingerprint density at radius 3 is 2.36 bits per heavy atom. The first kappa shape index (κ1) is 14.5. The summed E-state index contributed by atoms with van der Waals surface area (Å²) in [7, 11) is 0. The van der Waals surface area contributed by atoms with E-state index in [2.05, 4.69) is 24.4 Å². The van der Waals surface area contributed by atoms with E-state index in [1.165, 1.54) is 16.9 Å². The molecular weight excluding hydrogens is 290 g/mol. The third-order valence-corrected chi connectivity index (χ3v) is 4.52. The van der Waals surface area contributed by atoms with Gasteiger partial charge < -0.3 is 5.32 Å². The molecule has 3 rings (SSSR count). The molecule has 0 radical (unpaired) electrons. The first-order valence-corrected chi connectivity index (χ1v) is 8.08. The third kappa shape index (κ3) is 3.10. The Balaban J connectivity index is 1.97. The molecule has 0 saturated heterocycles. The summed E-state index contributed by atoms with van der Waals surface area (Å²) in [5, 5.41) is 5.08. The Bertz CT molecular complexity index is 750. The van der Waals surface area contributed by atoms with Crippen LogP contribution in [-0.4, -0.2) is 5.91 Å². The maximum Gasteiger partial charge on any atom is 0.262 e. The average Bonchev–Trinajstić information content (AvgIpc) is 3.09. The van der Waals surface area contributed by atoms with Crippen LogP contribution >= 0.6 is 11.3 Å². The average molecular weight is 307 g/mol. The number of aryl methyl sites for hydroxylation is 1. The zero-order valence-electron chi connectivity index (χ0n) is 12.3. The number of rotatable bonds is 4. The normalized spacial score (nSPS) is 11.9. The number of thiophene rings is 1. The van der Waals surface area contributed by atoms with Crippen LogP contribution in [0, 0.1) is 6.92 Å². The molecule has 1 heterocycles. The van der Waals surface area contributed by atoms with Crippen molar-refractivity contribution >= 4 is 17.2 Å². The van der Waals surface area contributed by atoms with Crippen LogP contribution in [0.2, 0.25) is 0 Å². The number of hydrogen-bond acceptors (Lipinski definition) is 2. The molecule has 1 aromatic heterocycles. The molecule has 0 aliphatic rings. The molecule has 2 aromatic carbocycles. The predicted octanol–water partition coefficient (Wildman–Crippen LogP) is 4.58. The van der Waals surface area contributed by atoms with Crippen molar-refractivity contribution in [3.63, 3.8) is 0 Å². The quantitative estimate of drug-likeness (QED) is 0.751. The smallest absolute Gasteiger partial charge is 0.262 e. The third-order valence-electron chi connectivity index (χ3n) is 3.65. The van der Waals surface area contributed by atoms with E-state index in [4.69, 9.17) is 0 Å². The number of nitrogens with one attached hydrogen (secondary N) is 1. The van der Waals surface area contributed by atoms with Crippen LogP contribution in [-0.2, 0) is 0 Å². The zero-order valence-corrected chi connectivity index (χ0v) is 13.1. The van der Waals surface area contributed by atoms with Crippen LogP contribution < -0.4 is 5.32 Å². The van der Waals surface area contributed by atoms with Crippen LogP contribution in [0.25, 0.3) is 0 Å².